The van der Waals surface area contributed by atoms with E-state index in [1.807, 2.05) is 27.1 Å². The first kappa shape index (κ1) is 13.5. The van der Waals surface area contributed by atoms with Crippen molar-refractivity contribution in [1.29, 1.82) is 0 Å². The molecule has 0 unspecified atom stereocenters. The highest BCUT2D eigenvalue weighted by atomic mass is 16.5. The van der Waals surface area contributed by atoms with E-state index in [2.05, 4.69) is 9.64 Å². The number of methoxy groups -OCH3 is 1. The lowest BCUT2D eigenvalue weighted by Crippen LogP contribution is -2.19. The van der Waals surface area contributed by atoms with Crippen molar-refractivity contribution in [3.05, 3.63) is 29.3 Å². The van der Waals surface area contributed by atoms with Crippen LogP contribution in [-0.2, 0) is 4.74 Å². The largest absolute Gasteiger partial charge is 0.492 e. The van der Waals surface area contributed by atoms with Gasteiger partial charge in [-0.15, -0.1) is 0 Å². The maximum atomic E-state index is 11.4. The SMILES string of the molecule is COC(=O)c1ccc(OCCN(C)C)cc1C. The van der Waals surface area contributed by atoms with E-state index in [1.165, 1.54) is 7.11 Å². The van der Waals surface area contributed by atoms with Crippen molar-refractivity contribution in [2.45, 2.75) is 6.92 Å². The summed E-state index contributed by atoms with van der Waals surface area (Å²) in [7, 11) is 5.37. The van der Waals surface area contributed by atoms with E-state index in [9.17, 15) is 4.79 Å². The monoisotopic (exact) mass is 237 g/mol. The summed E-state index contributed by atoms with van der Waals surface area (Å²) in [6, 6.07) is 5.36. The Hall–Kier alpha value is -1.55. The second kappa shape index (κ2) is 6.25. The summed E-state index contributed by atoms with van der Waals surface area (Å²) in [5.41, 5.74) is 1.44. The Morgan fingerprint density at radius 1 is 1.35 bits per heavy atom. The van der Waals surface area contributed by atoms with Crippen molar-refractivity contribution < 1.29 is 14.3 Å². The van der Waals surface area contributed by atoms with Gasteiger partial charge in [0.25, 0.3) is 0 Å². The molecule has 1 rings (SSSR count). The molecule has 17 heavy (non-hydrogen) atoms. The number of carbonyl (C=O) groups excluding carboxylic acids is 1. The van der Waals surface area contributed by atoms with Crippen LogP contribution >= 0.6 is 0 Å². The lowest BCUT2D eigenvalue weighted by molar-refractivity contribution is 0.0600. The van der Waals surface area contributed by atoms with E-state index in [-0.39, 0.29) is 5.97 Å². The number of benzene rings is 1. The van der Waals surface area contributed by atoms with Crippen LogP contribution in [0.1, 0.15) is 15.9 Å². The summed E-state index contributed by atoms with van der Waals surface area (Å²) in [5, 5.41) is 0. The van der Waals surface area contributed by atoms with Gasteiger partial charge < -0.3 is 14.4 Å². The second-order valence-corrected chi connectivity index (χ2v) is 4.12. The van der Waals surface area contributed by atoms with Crippen LogP contribution in [0, 0.1) is 6.92 Å². The van der Waals surface area contributed by atoms with E-state index in [1.54, 1.807) is 12.1 Å². The normalized spacial score (nSPS) is 10.4. The molecule has 0 radical (unpaired) electrons. The summed E-state index contributed by atoms with van der Waals surface area (Å²) in [6.45, 7) is 3.35. The maximum absolute atomic E-state index is 11.4. The number of likely N-dealkylation sites (N-methyl/N-ethyl adjacent to an activating group) is 1. The molecule has 4 nitrogen and oxygen atoms in total. The summed E-state index contributed by atoms with van der Waals surface area (Å²) in [5.74, 6) is 0.458. The van der Waals surface area contributed by atoms with Gasteiger partial charge in [0.2, 0.25) is 0 Å². The lowest BCUT2D eigenvalue weighted by atomic mass is 10.1. The molecule has 0 aliphatic carbocycles. The van der Waals surface area contributed by atoms with E-state index in [0.29, 0.717) is 12.2 Å². The number of hydrogen-bond donors (Lipinski definition) is 0. The van der Waals surface area contributed by atoms with Gasteiger partial charge in [-0.2, -0.15) is 0 Å². The molecular formula is C13H19NO3. The van der Waals surface area contributed by atoms with Gasteiger partial charge in [-0.1, -0.05) is 0 Å². The van der Waals surface area contributed by atoms with Crippen molar-refractivity contribution >= 4 is 5.97 Å². The van der Waals surface area contributed by atoms with Crippen LogP contribution < -0.4 is 4.74 Å². The molecule has 0 N–H and O–H groups in total. The molecule has 1 aromatic rings. The fourth-order valence-corrected chi connectivity index (χ4v) is 1.41. The summed E-state index contributed by atoms with van der Waals surface area (Å²) < 4.78 is 10.3. The summed E-state index contributed by atoms with van der Waals surface area (Å²) in [4.78, 5) is 13.4. The first-order chi connectivity index (χ1) is 8.04. The van der Waals surface area contributed by atoms with Crippen molar-refractivity contribution in [2.24, 2.45) is 0 Å². The number of esters is 1. The molecule has 1 aromatic carbocycles. The van der Waals surface area contributed by atoms with Crippen LogP contribution in [0.15, 0.2) is 18.2 Å². The molecule has 0 aliphatic heterocycles. The highest BCUT2D eigenvalue weighted by Crippen LogP contribution is 2.17. The van der Waals surface area contributed by atoms with Gasteiger partial charge in [0.1, 0.15) is 12.4 Å². The average molecular weight is 237 g/mol. The molecule has 0 atom stereocenters. The lowest BCUT2D eigenvalue weighted by Gasteiger charge is -2.12. The van der Waals surface area contributed by atoms with E-state index < -0.39 is 0 Å². The zero-order valence-electron chi connectivity index (χ0n) is 10.8. The maximum Gasteiger partial charge on any atom is 0.338 e. The Bertz CT molecular complexity index is 388. The Morgan fingerprint density at radius 2 is 2.06 bits per heavy atom. The van der Waals surface area contributed by atoms with Crippen LogP contribution in [0.3, 0.4) is 0 Å². The Balaban J connectivity index is 2.65. The molecule has 0 bridgehead atoms. The van der Waals surface area contributed by atoms with Gasteiger partial charge in [0.15, 0.2) is 0 Å². The van der Waals surface area contributed by atoms with E-state index >= 15 is 0 Å². The third-order valence-electron chi connectivity index (χ3n) is 2.41. The highest BCUT2D eigenvalue weighted by Gasteiger charge is 2.09. The molecule has 0 amide bonds. The molecule has 0 aromatic heterocycles. The number of nitrogens with zero attached hydrogens (tertiary/aromatic N) is 1. The van der Waals surface area contributed by atoms with Crippen LogP contribution in [0.4, 0.5) is 0 Å². The molecule has 0 spiro atoms. The first-order valence-corrected chi connectivity index (χ1v) is 5.51. The zero-order valence-corrected chi connectivity index (χ0v) is 10.8. The fraction of sp³-hybridized carbons (Fsp3) is 0.462. The van der Waals surface area contributed by atoms with Gasteiger partial charge in [0.05, 0.1) is 12.7 Å². The Morgan fingerprint density at radius 3 is 2.59 bits per heavy atom. The highest BCUT2D eigenvalue weighted by molar-refractivity contribution is 5.91. The number of aryl methyl sites for hydroxylation is 1. The molecule has 0 heterocycles. The molecule has 0 fully saturated rings. The standard InChI is InChI=1S/C13H19NO3/c1-10-9-11(17-8-7-14(2)3)5-6-12(10)13(15)16-4/h5-6,9H,7-8H2,1-4H3. The Labute approximate surface area is 102 Å². The minimum Gasteiger partial charge on any atom is -0.492 e. The predicted molar refractivity (Wildman–Crippen MR) is 66.6 cm³/mol. The quantitative estimate of drug-likeness (QED) is 0.731. The van der Waals surface area contributed by atoms with Gasteiger partial charge >= 0.3 is 5.97 Å². The van der Waals surface area contributed by atoms with E-state index in [0.717, 1.165) is 17.9 Å². The second-order valence-electron chi connectivity index (χ2n) is 4.12. The molecular weight excluding hydrogens is 218 g/mol. The average Bonchev–Trinajstić information content (AvgIpc) is 2.28. The van der Waals surface area contributed by atoms with E-state index in [4.69, 9.17) is 4.74 Å². The van der Waals surface area contributed by atoms with Crippen molar-refractivity contribution in [3.8, 4) is 5.75 Å². The van der Waals surface area contributed by atoms with Crippen LogP contribution in [-0.4, -0.2) is 45.2 Å². The van der Waals surface area contributed by atoms with Gasteiger partial charge in [-0.25, -0.2) is 4.79 Å². The number of rotatable bonds is 5. The van der Waals surface area contributed by atoms with Crippen LogP contribution in [0.5, 0.6) is 5.75 Å². The zero-order chi connectivity index (χ0) is 12.8. The fourth-order valence-electron chi connectivity index (χ4n) is 1.41. The van der Waals surface area contributed by atoms with Crippen molar-refractivity contribution in [3.63, 3.8) is 0 Å². The molecule has 0 saturated heterocycles. The minimum atomic E-state index is -0.317. The minimum absolute atomic E-state index is 0.317. The smallest absolute Gasteiger partial charge is 0.338 e. The van der Waals surface area contributed by atoms with Crippen molar-refractivity contribution in [2.75, 3.05) is 34.4 Å². The van der Waals surface area contributed by atoms with Crippen LogP contribution in [0.2, 0.25) is 0 Å². The van der Waals surface area contributed by atoms with Crippen LogP contribution in [0.25, 0.3) is 0 Å². The van der Waals surface area contributed by atoms with Gasteiger partial charge in [0, 0.05) is 6.54 Å². The predicted octanol–water partition coefficient (Wildman–Crippen LogP) is 1.72. The number of carbonyl (C=O) groups is 1. The van der Waals surface area contributed by atoms with Gasteiger partial charge in [-0.3, -0.25) is 0 Å². The summed E-state index contributed by atoms with van der Waals surface area (Å²) in [6.07, 6.45) is 0. The summed E-state index contributed by atoms with van der Waals surface area (Å²) >= 11 is 0. The first-order valence-electron chi connectivity index (χ1n) is 5.51. The van der Waals surface area contributed by atoms with Crippen molar-refractivity contribution in [1.82, 2.24) is 4.90 Å². The molecule has 0 saturated carbocycles. The molecule has 94 valence electrons. The topological polar surface area (TPSA) is 38.8 Å². The third-order valence-corrected chi connectivity index (χ3v) is 2.41. The molecule has 0 aliphatic rings. The number of hydrogen-bond acceptors (Lipinski definition) is 4. The Kier molecular flexibility index (Phi) is 4.97. The third kappa shape index (κ3) is 4.07. The molecule has 4 heteroatoms. The van der Waals surface area contributed by atoms with Gasteiger partial charge in [-0.05, 0) is 44.8 Å². The number of ether oxygens (including phenoxy) is 2.